The number of likely N-dealkylation sites (tertiary alicyclic amines) is 1. The first kappa shape index (κ1) is 22.6. The lowest BCUT2D eigenvalue weighted by Crippen LogP contribution is -2.44. The first-order valence-electron chi connectivity index (χ1n) is 9.28. The molecule has 0 amide bonds. The molecule has 8 heteroatoms. The molecule has 1 unspecified atom stereocenters. The minimum Gasteiger partial charge on any atom is -0.354 e. The molecule has 0 aromatic carbocycles. The number of halogens is 1. The Morgan fingerprint density at radius 2 is 2.11 bits per heavy atom. The highest BCUT2D eigenvalue weighted by Crippen LogP contribution is 2.29. The molecule has 3 heterocycles. The van der Waals surface area contributed by atoms with Gasteiger partial charge in [-0.15, -0.1) is 46.7 Å². The summed E-state index contributed by atoms with van der Waals surface area (Å²) in [6, 6.07) is 4.82. The maximum Gasteiger partial charge on any atom is 0.191 e. The first-order valence-corrected chi connectivity index (χ1v) is 11.0. The van der Waals surface area contributed by atoms with Gasteiger partial charge in [0.1, 0.15) is 0 Å². The van der Waals surface area contributed by atoms with E-state index in [9.17, 15) is 0 Å². The molecule has 0 saturated carbocycles. The van der Waals surface area contributed by atoms with Crippen LogP contribution in [0.3, 0.4) is 0 Å². The lowest BCUT2D eigenvalue weighted by Gasteiger charge is -2.36. The molecule has 0 spiro atoms. The molecule has 5 nitrogen and oxygen atoms in total. The lowest BCUT2D eigenvalue weighted by molar-refractivity contribution is 0.140. The van der Waals surface area contributed by atoms with Crippen molar-refractivity contribution in [2.45, 2.75) is 39.3 Å². The molecule has 150 valence electrons. The van der Waals surface area contributed by atoms with E-state index in [0.717, 1.165) is 30.7 Å². The Balaban J connectivity index is 0.00000261. The van der Waals surface area contributed by atoms with Crippen LogP contribution < -0.4 is 10.6 Å². The van der Waals surface area contributed by atoms with Crippen molar-refractivity contribution in [3.63, 3.8) is 0 Å². The first-order chi connectivity index (χ1) is 12.7. The predicted molar refractivity (Wildman–Crippen MR) is 127 cm³/mol. The van der Waals surface area contributed by atoms with Crippen molar-refractivity contribution in [1.82, 2.24) is 20.5 Å². The Labute approximate surface area is 187 Å². The second-order valence-electron chi connectivity index (χ2n) is 6.92. The summed E-state index contributed by atoms with van der Waals surface area (Å²) in [4.78, 5) is 14.0. The number of rotatable bonds is 6. The third-order valence-corrected chi connectivity index (χ3v) is 6.99. The second-order valence-corrected chi connectivity index (χ2v) is 8.84. The molecular formula is C19H30IN5S2. The van der Waals surface area contributed by atoms with Crippen LogP contribution in [0.2, 0.25) is 0 Å². The average Bonchev–Trinajstić information content (AvgIpc) is 3.31. The molecule has 0 bridgehead atoms. The smallest absolute Gasteiger partial charge is 0.191 e. The van der Waals surface area contributed by atoms with E-state index < -0.39 is 0 Å². The van der Waals surface area contributed by atoms with Crippen LogP contribution in [-0.4, -0.2) is 42.5 Å². The number of aliphatic imine (C=N–C) groups is 1. The molecule has 0 aliphatic carbocycles. The summed E-state index contributed by atoms with van der Waals surface area (Å²) >= 11 is 3.53. The molecular weight excluding hydrogens is 489 g/mol. The second kappa shape index (κ2) is 11.3. The number of nitrogens with one attached hydrogen (secondary N) is 2. The number of guanidine groups is 1. The van der Waals surface area contributed by atoms with E-state index >= 15 is 0 Å². The van der Waals surface area contributed by atoms with Crippen molar-refractivity contribution in [2.24, 2.45) is 10.9 Å². The molecule has 1 atom stereocenters. The highest BCUT2D eigenvalue weighted by Gasteiger charge is 2.25. The molecule has 1 aliphatic rings. The quantitative estimate of drug-likeness (QED) is 0.340. The van der Waals surface area contributed by atoms with E-state index in [-0.39, 0.29) is 24.0 Å². The van der Waals surface area contributed by atoms with Crippen molar-refractivity contribution in [1.29, 1.82) is 0 Å². The number of thiophene rings is 1. The number of aromatic nitrogens is 1. The van der Waals surface area contributed by atoms with Crippen LogP contribution in [0.5, 0.6) is 0 Å². The van der Waals surface area contributed by atoms with Crippen LogP contribution in [-0.2, 0) is 6.54 Å². The van der Waals surface area contributed by atoms with Gasteiger partial charge < -0.3 is 10.6 Å². The summed E-state index contributed by atoms with van der Waals surface area (Å²) in [7, 11) is 1.83. The van der Waals surface area contributed by atoms with Gasteiger partial charge in [-0.1, -0.05) is 13.0 Å². The zero-order chi connectivity index (χ0) is 18.4. The van der Waals surface area contributed by atoms with Gasteiger partial charge in [-0.3, -0.25) is 9.89 Å². The van der Waals surface area contributed by atoms with Gasteiger partial charge in [0, 0.05) is 23.3 Å². The van der Waals surface area contributed by atoms with E-state index in [0.29, 0.717) is 6.04 Å². The Morgan fingerprint density at radius 1 is 1.33 bits per heavy atom. The zero-order valence-electron chi connectivity index (χ0n) is 16.3. The molecule has 1 fully saturated rings. The van der Waals surface area contributed by atoms with Gasteiger partial charge >= 0.3 is 0 Å². The number of nitrogens with zero attached hydrogens (tertiary/aromatic N) is 3. The maximum absolute atomic E-state index is 4.39. The fourth-order valence-corrected chi connectivity index (χ4v) is 4.88. The molecule has 0 radical (unpaired) electrons. The maximum atomic E-state index is 4.39. The Kier molecular flexibility index (Phi) is 9.47. The van der Waals surface area contributed by atoms with Crippen molar-refractivity contribution in [2.75, 3.05) is 26.7 Å². The van der Waals surface area contributed by atoms with Crippen molar-refractivity contribution in [3.8, 4) is 0 Å². The lowest BCUT2D eigenvalue weighted by atomic mass is 9.97. The minimum absolute atomic E-state index is 0. The van der Waals surface area contributed by atoms with E-state index in [4.69, 9.17) is 0 Å². The zero-order valence-corrected chi connectivity index (χ0v) is 20.2. The summed E-state index contributed by atoms with van der Waals surface area (Å²) in [6.45, 7) is 8.41. The SMILES string of the molecule is CN=C(NCc1scnc1C)NCC(c1cccs1)N1CCC(C)CC1.I. The predicted octanol–water partition coefficient (Wildman–Crippen LogP) is 4.27. The van der Waals surface area contributed by atoms with Gasteiger partial charge in [-0.05, 0) is 50.2 Å². The highest BCUT2D eigenvalue weighted by atomic mass is 127. The summed E-state index contributed by atoms with van der Waals surface area (Å²) in [6.07, 6.45) is 2.58. The number of hydrogen-bond donors (Lipinski definition) is 2. The van der Waals surface area contributed by atoms with Crippen LogP contribution in [0.1, 0.15) is 41.3 Å². The van der Waals surface area contributed by atoms with Gasteiger partial charge in [0.25, 0.3) is 0 Å². The van der Waals surface area contributed by atoms with E-state index in [1.807, 2.05) is 30.8 Å². The Hall–Kier alpha value is -0.710. The monoisotopic (exact) mass is 519 g/mol. The van der Waals surface area contributed by atoms with E-state index in [1.54, 1.807) is 11.3 Å². The number of piperidine rings is 1. The fourth-order valence-electron chi connectivity index (χ4n) is 3.30. The molecule has 1 aliphatic heterocycles. The van der Waals surface area contributed by atoms with Gasteiger partial charge in [-0.2, -0.15) is 0 Å². The van der Waals surface area contributed by atoms with Gasteiger partial charge in [-0.25, -0.2) is 4.98 Å². The summed E-state index contributed by atoms with van der Waals surface area (Å²) in [5.41, 5.74) is 2.99. The minimum atomic E-state index is 0. The molecule has 27 heavy (non-hydrogen) atoms. The largest absolute Gasteiger partial charge is 0.354 e. The Bertz CT molecular complexity index is 693. The molecule has 2 aromatic rings. The van der Waals surface area contributed by atoms with Gasteiger partial charge in [0.05, 0.1) is 23.8 Å². The standard InChI is InChI=1S/C19H29N5S2.HI/c1-14-6-8-24(9-7-14)16(17-5-4-10-25-17)11-21-19(20-3)22-12-18-15(2)23-13-26-18;/h4-5,10,13-14,16H,6-9,11-12H2,1-3H3,(H2,20,21,22);1H. The Morgan fingerprint density at radius 3 is 2.70 bits per heavy atom. The number of thiazole rings is 1. The normalized spacial score (nSPS) is 17.4. The van der Waals surface area contributed by atoms with Crippen molar-refractivity contribution < 1.29 is 0 Å². The number of aryl methyl sites for hydroxylation is 1. The summed E-state index contributed by atoms with van der Waals surface area (Å²) < 4.78 is 0. The van der Waals surface area contributed by atoms with Crippen LogP contribution in [0.25, 0.3) is 0 Å². The van der Waals surface area contributed by atoms with Crippen molar-refractivity contribution >= 4 is 52.6 Å². The summed E-state index contributed by atoms with van der Waals surface area (Å²) in [5, 5.41) is 9.13. The third-order valence-electron chi connectivity index (χ3n) is 5.08. The van der Waals surface area contributed by atoms with Crippen LogP contribution in [0.4, 0.5) is 0 Å². The van der Waals surface area contributed by atoms with Crippen LogP contribution in [0, 0.1) is 12.8 Å². The van der Waals surface area contributed by atoms with E-state index in [1.165, 1.54) is 35.7 Å². The fraction of sp³-hybridized carbons (Fsp3) is 0.579. The third kappa shape index (κ3) is 6.40. The molecule has 1 saturated heterocycles. The topological polar surface area (TPSA) is 52.6 Å². The molecule has 2 aromatic heterocycles. The number of hydrogen-bond acceptors (Lipinski definition) is 5. The average molecular weight is 520 g/mol. The van der Waals surface area contributed by atoms with Crippen LogP contribution in [0.15, 0.2) is 28.0 Å². The van der Waals surface area contributed by atoms with Gasteiger partial charge in [0.2, 0.25) is 0 Å². The van der Waals surface area contributed by atoms with Crippen LogP contribution >= 0.6 is 46.7 Å². The molecule has 2 N–H and O–H groups in total. The summed E-state index contributed by atoms with van der Waals surface area (Å²) in [5.74, 6) is 1.70. The van der Waals surface area contributed by atoms with Gasteiger partial charge in [0.15, 0.2) is 5.96 Å². The van der Waals surface area contributed by atoms with E-state index in [2.05, 4.69) is 49.9 Å². The molecule has 3 rings (SSSR count). The highest BCUT2D eigenvalue weighted by molar-refractivity contribution is 14.0. The van der Waals surface area contributed by atoms with Crippen molar-refractivity contribution in [3.05, 3.63) is 38.5 Å².